The second-order valence-corrected chi connectivity index (χ2v) is 6.34. The summed E-state index contributed by atoms with van der Waals surface area (Å²) in [6.07, 6.45) is 3.10. The second kappa shape index (κ2) is 4.27. The van der Waals surface area contributed by atoms with E-state index in [-0.39, 0.29) is 18.4 Å². The van der Waals surface area contributed by atoms with Crippen molar-refractivity contribution in [3.05, 3.63) is 41.5 Å². The second-order valence-electron chi connectivity index (χ2n) is 6.34. The third-order valence-corrected chi connectivity index (χ3v) is 5.15. The predicted octanol–water partition coefficient (Wildman–Crippen LogP) is 1.11. The van der Waals surface area contributed by atoms with Crippen molar-refractivity contribution in [2.45, 2.75) is 25.6 Å². The summed E-state index contributed by atoms with van der Waals surface area (Å²) >= 11 is 0. The summed E-state index contributed by atoms with van der Waals surface area (Å²) in [6.45, 7) is 3.65. The molecule has 0 saturated carbocycles. The first-order valence-electron chi connectivity index (χ1n) is 7.41. The molecular weight excluding hydrogens is 282 g/mol. The molecule has 0 aliphatic carbocycles. The topological polar surface area (TPSA) is 66.8 Å². The van der Waals surface area contributed by atoms with E-state index in [1.807, 2.05) is 26.0 Å². The van der Waals surface area contributed by atoms with E-state index in [9.17, 15) is 14.7 Å². The number of hydrogen-bond donors (Lipinski definition) is 1. The predicted molar refractivity (Wildman–Crippen MR) is 79.2 cm³/mol. The van der Waals surface area contributed by atoms with Crippen LogP contribution in [0.3, 0.4) is 0 Å². The van der Waals surface area contributed by atoms with Gasteiger partial charge in [0, 0.05) is 0 Å². The highest BCUT2D eigenvalue weighted by molar-refractivity contribution is 6.23. The first-order valence-corrected chi connectivity index (χ1v) is 7.41. The van der Waals surface area contributed by atoms with Crippen LogP contribution in [0.25, 0.3) is 0 Å². The Morgan fingerprint density at radius 1 is 1.23 bits per heavy atom. The fourth-order valence-electron chi connectivity index (χ4n) is 3.80. The zero-order valence-corrected chi connectivity index (χ0v) is 12.4. The Balaban J connectivity index is 1.77. The first-order chi connectivity index (χ1) is 10.5. The van der Waals surface area contributed by atoms with Gasteiger partial charge in [-0.2, -0.15) is 0 Å². The number of benzene rings is 1. The molecule has 0 unspecified atom stereocenters. The number of carbonyl (C=O) groups excluding carboxylic acids is 2. The number of rotatable bonds is 2. The summed E-state index contributed by atoms with van der Waals surface area (Å²) in [5.41, 5.74) is 1.71. The molecule has 1 aromatic rings. The van der Waals surface area contributed by atoms with E-state index in [1.54, 1.807) is 18.2 Å². The quantitative estimate of drug-likeness (QED) is 0.656. The molecule has 0 aromatic heterocycles. The van der Waals surface area contributed by atoms with Crippen molar-refractivity contribution in [1.82, 2.24) is 0 Å². The number of aliphatic hydroxyl groups excluding tert-OH is 1. The van der Waals surface area contributed by atoms with Gasteiger partial charge in [0.25, 0.3) is 0 Å². The van der Waals surface area contributed by atoms with Crippen molar-refractivity contribution >= 4 is 17.5 Å². The number of aliphatic hydroxyl groups is 1. The fourth-order valence-corrected chi connectivity index (χ4v) is 3.80. The van der Waals surface area contributed by atoms with Crippen LogP contribution in [0.1, 0.15) is 11.1 Å². The normalized spacial score (nSPS) is 35.6. The molecule has 4 rings (SSSR count). The zero-order chi connectivity index (χ0) is 15.6. The third kappa shape index (κ3) is 1.50. The lowest BCUT2D eigenvalue weighted by atomic mass is 9.77. The van der Waals surface area contributed by atoms with E-state index in [0.29, 0.717) is 5.69 Å². The van der Waals surface area contributed by atoms with Gasteiger partial charge in [-0.15, -0.1) is 0 Å². The van der Waals surface area contributed by atoms with E-state index in [4.69, 9.17) is 4.74 Å². The Labute approximate surface area is 128 Å². The van der Waals surface area contributed by atoms with Gasteiger partial charge in [0.1, 0.15) is 5.60 Å². The molecule has 1 aromatic carbocycles. The highest BCUT2D eigenvalue weighted by Crippen LogP contribution is 2.52. The monoisotopic (exact) mass is 299 g/mol. The highest BCUT2D eigenvalue weighted by Gasteiger charge is 2.67. The number of imide groups is 1. The van der Waals surface area contributed by atoms with E-state index in [2.05, 4.69) is 0 Å². The zero-order valence-electron chi connectivity index (χ0n) is 12.4. The van der Waals surface area contributed by atoms with Crippen LogP contribution in [-0.4, -0.2) is 35.2 Å². The van der Waals surface area contributed by atoms with Gasteiger partial charge >= 0.3 is 0 Å². The van der Waals surface area contributed by atoms with Crippen molar-refractivity contribution in [2.75, 3.05) is 11.5 Å². The molecule has 22 heavy (non-hydrogen) atoms. The number of anilines is 1. The minimum Gasteiger partial charge on any atom is -0.393 e. The van der Waals surface area contributed by atoms with Gasteiger partial charge in [0.2, 0.25) is 11.8 Å². The van der Waals surface area contributed by atoms with Crippen molar-refractivity contribution in [1.29, 1.82) is 0 Å². The molecule has 4 atom stereocenters. The Morgan fingerprint density at radius 2 is 2.00 bits per heavy atom. The molecule has 3 aliphatic rings. The Morgan fingerprint density at radius 3 is 2.68 bits per heavy atom. The van der Waals surface area contributed by atoms with Crippen molar-refractivity contribution < 1.29 is 19.4 Å². The van der Waals surface area contributed by atoms with Gasteiger partial charge in [0.15, 0.2) is 0 Å². The van der Waals surface area contributed by atoms with Crippen LogP contribution in [0.15, 0.2) is 30.4 Å². The van der Waals surface area contributed by atoms with Gasteiger partial charge in [0.05, 0.1) is 30.2 Å². The molecule has 0 spiro atoms. The molecule has 2 bridgehead atoms. The standard InChI is InChI=1S/C17H17NO4/c1-9-3-4-11(7-10(9)2)18-15(20)13-12-5-6-17(8-19,22-12)14(13)16(18)21/h3-7,12-14,19H,8H2,1-2H3/t12-,13-,14+,17-/m1/s1. The molecule has 5 heteroatoms. The number of fused-ring (bicyclic) bond motifs is 5. The molecular formula is C17H17NO4. The maximum Gasteiger partial charge on any atom is 0.241 e. The minimum absolute atomic E-state index is 0.233. The largest absolute Gasteiger partial charge is 0.393 e. The van der Waals surface area contributed by atoms with Crippen molar-refractivity contribution in [2.24, 2.45) is 11.8 Å². The molecule has 5 nitrogen and oxygen atoms in total. The van der Waals surface area contributed by atoms with Crippen LogP contribution in [0.5, 0.6) is 0 Å². The fraction of sp³-hybridized carbons (Fsp3) is 0.412. The maximum absolute atomic E-state index is 12.8. The molecule has 114 valence electrons. The SMILES string of the molecule is Cc1ccc(N2C(=O)[C@H]3[C@@H](C2=O)[C@]2(CO)C=C[C@H]3O2)cc1C. The lowest BCUT2D eigenvalue weighted by Gasteiger charge is -2.26. The molecule has 3 heterocycles. The summed E-state index contributed by atoms with van der Waals surface area (Å²) in [7, 11) is 0. The molecule has 3 aliphatic heterocycles. The molecule has 2 amide bonds. The Kier molecular flexibility index (Phi) is 2.65. The number of amides is 2. The number of ether oxygens (including phenoxy) is 1. The van der Waals surface area contributed by atoms with Crippen molar-refractivity contribution in [3.8, 4) is 0 Å². The maximum atomic E-state index is 12.8. The smallest absolute Gasteiger partial charge is 0.241 e. The number of aryl methyl sites for hydroxylation is 2. The van der Waals surface area contributed by atoms with Crippen LogP contribution in [0, 0.1) is 25.7 Å². The van der Waals surface area contributed by atoms with Gasteiger partial charge in [-0.25, -0.2) is 4.90 Å². The van der Waals surface area contributed by atoms with E-state index < -0.39 is 23.5 Å². The minimum atomic E-state index is -1.03. The molecule has 2 saturated heterocycles. The number of nitrogens with zero attached hydrogens (tertiary/aromatic N) is 1. The average Bonchev–Trinajstić information content (AvgIpc) is 3.14. The van der Waals surface area contributed by atoms with Crippen LogP contribution in [0.2, 0.25) is 0 Å². The molecule has 2 fully saturated rings. The Bertz CT molecular complexity index is 725. The van der Waals surface area contributed by atoms with E-state index in [0.717, 1.165) is 11.1 Å². The van der Waals surface area contributed by atoms with Crippen LogP contribution in [0.4, 0.5) is 5.69 Å². The number of carbonyl (C=O) groups is 2. The summed E-state index contributed by atoms with van der Waals surface area (Å²) in [5.74, 6) is -1.66. The van der Waals surface area contributed by atoms with Crippen LogP contribution < -0.4 is 4.90 Å². The van der Waals surface area contributed by atoms with Crippen molar-refractivity contribution in [3.63, 3.8) is 0 Å². The van der Waals surface area contributed by atoms with Gasteiger partial charge in [-0.3, -0.25) is 9.59 Å². The lowest BCUT2D eigenvalue weighted by molar-refractivity contribution is -0.128. The lowest BCUT2D eigenvalue weighted by Crippen LogP contribution is -2.43. The van der Waals surface area contributed by atoms with Crippen LogP contribution in [-0.2, 0) is 14.3 Å². The molecule has 1 N–H and O–H groups in total. The van der Waals surface area contributed by atoms with Gasteiger partial charge < -0.3 is 9.84 Å². The average molecular weight is 299 g/mol. The Hall–Kier alpha value is -1.98. The molecule has 0 radical (unpaired) electrons. The third-order valence-electron chi connectivity index (χ3n) is 5.15. The summed E-state index contributed by atoms with van der Waals surface area (Å²) < 4.78 is 5.71. The summed E-state index contributed by atoms with van der Waals surface area (Å²) in [6, 6.07) is 5.56. The van der Waals surface area contributed by atoms with E-state index >= 15 is 0 Å². The first kappa shape index (κ1) is 13.7. The van der Waals surface area contributed by atoms with Crippen LogP contribution >= 0.6 is 0 Å². The van der Waals surface area contributed by atoms with Gasteiger partial charge in [-0.05, 0) is 37.1 Å². The summed E-state index contributed by atoms with van der Waals surface area (Å²) in [4.78, 5) is 26.8. The number of hydrogen-bond acceptors (Lipinski definition) is 4. The van der Waals surface area contributed by atoms with Gasteiger partial charge in [-0.1, -0.05) is 18.2 Å². The van der Waals surface area contributed by atoms with E-state index in [1.165, 1.54) is 4.90 Å². The summed E-state index contributed by atoms with van der Waals surface area (Å²) in [5, 5.41) is 9.67. The highest BCUT2D eigenvalue weighted by atomic mass is 16.5.